The van der Waals surface area contributed by atoms with E-state index >= 15 is 14.4 Å². The second kappa shape index (κ2) is 33.3. The molecule has 2 aliphatic rings. The van der Waals surface area contributed by atoms with Crippen LogP contribution in [0.4, 0.5) is 13.2 Å². The van der Waals surface area contributed by atoms with Crippen LogP contribution < -0.4 is 16.0 Å². The molecule has 0 aromatic heterocycles. The van der Waals surface area contributed by atoms with Crippen LogP contribution in [0, 0.1) is 11.8 Å². The number of carbonyl (C=O) groups is 11. The second-order valence-corrected chi connectivity index (χ2v) is 24.8. The summed E-state index contributed by atoms with van der Waals surface area (Å²) in [6, 6.07) is 11.1. The summed E-state index contributed by atoms with van der Waals surface area (Å²) in [4.78, 5) is 168. The number of alkyl halides is 3. The van der Waals surface area contributed by atoms with E-state index in [1.807, 2.05) is 20.8 Å². The van der Waals surface area contributed by atoms with Crippen LogP contribution in [0.2, 0.25) is 5.02 Å². The van der Waals surface area contributed by atoms with E-state index in [9.17, 15) is 51.5 Å². The Bertz CT molecular complexity index is 3070. The molecule has 498 valence electrons. The molecule has 3 N–H and O–H groups in total. The van der Waals surface area contributed by atoms with Crippen molar-refractivity contribution in [3.05, 3.63) is 106 Å². The number of rotatable bonds is 11. The molecule has 0 spiro atoms. The van der Waals surface area contributed by atoms with E-state index in [0.29, 0.717) is 34.6 Å². The highest BCUT2D eigenvalue weighted by molar-refractivity contribution is 6.30. The molecule has 22 nitrogen and oxygen atoms in total. The maximum absolute atomic E-state index is 15.1. The molecule has 91 heavy (non-hydrogen) atoms. The number of benzene rings is 3. The van der Waals surface area contributed by atoms with Crippen LogP contribution in [-0.2, 0) is 78.2 Å². The zero-order chi connectivity index (χ0) is 67.8. The third-order valence-corrected chi connectivity index (χ3v) is 17.5. The van der Waals surface area contributed by atoms with Gasteiger partial charge in [0.15, 0.2) is 0 Å². The normalized spacial score (nSPS) is 23.6. The predicted molar refractivity (Wildman–Crippen MR) is 335 cm³/mol. The molecule has 2 saturated heterocycles. The highest BCUT2D eigenvalue weighted by Gasteiger charge is 2.44. The Kier molecular flexibility index (Phi) is 26.9. The Morgan fingerprint density at radius 2 is 1.14 bits per heavy atom. The fourth-order valence-electron chi connectivity index (χ4n) is 11.0. The Hall–Kier alpha value is -8.09. The standard InChI is InChI=1S/C65H89ClF3N11O11/c1-13-41(4)57-64(91)75(8)38-55(83)73(6)39-56(84)77(10)51(36-45-23-28-47(66)29-24-45)61(88)74(7)37-53(81)71-48(30-25-43-21-26-46(27-22-43)65(67,68)69)60(87)80-33-17-20-49(80)62(89)79(12)52(35-44-18-15-14-16-19-44)63(90)78(11)50(34-40(2)3)59(86)70-32-31-54(82)76(9)42(5)58(85)72-57/h14-16,18-19,21-24,26-29,40-42,48-52,57H,13,17,20,25,30-39H2,1-12H3,(H,70,86)(H,71,81)(H,72,85)/t41-,42-,48-,49?,50-,51-,52-,57-/m0/s1. The van der Waals surface area contributed by atoms with Crippen molar-refractivity contribution in [2.45, 2.75) is 141 Å². The smallest absolute Gasteiger partial charge is 0.354 e. The van der Waals surface area contributed by atoms with Gasteiger partial charge in [0, 0.05) is 86.7 Å². The van der Waals surface area contributed by atoms with Gasteiger partial charge in [0.2, 0.25) is 65.0 Å². The summed E-state index contributed by atoms with van der Waals surface area (Å²) < 4.78 is 40.9. The molecule has 2 heterocycles. The quantitative estimate of drug-likeness (QED) is 0.247. The van der Waals surface area contributed by atoms with Gasteiger partial charge in [-0.1, -0.05) is 100 Å². The molecule has 2 aliphatic heterocycles. The highest BCUT2D eigenvalue weighted by Crippen LogP contribution is 2.30. The maximum atomic E-state index is 15.1. The van der Waals surface area contributed by atoms with Crippen LogP contribution in [0.15, 0.2) is 78.9 Å². The summed E-state index contributed by atoms with van der Waals surface area (Å²) in [7, 11) is 9.64. The number of nitrogens with one attached hydrogen (secondary N) is 3. The summed E-state index contributed by atoms with van der Waals surface area (Å²) in [6.45, 7) is 6.80. The van der Waals surface area contributed by atoms with Crippen molar-refractivity contribution in [3.63, 3.8) is 0 Å². The lowest BCUT2D eigenvalue weighted by atomic mass is 9.97. The molecular weight excluding hydrogens is 1200 g/mol. The predicted octanol–water partition coefficient (Wildman–Crippen LogP) is 4.05. The third kappa shape index (κ3) is 20.2. The van der Waals surface area contributed by atoms with Gasteiger partial charge in [0.25, 0.3) is 0 Å². The van der Waals surface area contributed by atoms with E-state index in [0.717, 1.165) is 31.7 Å². The van der Waals surface area contributed by atoms with Gasteiger partial charge < -0.3 is 55.1 Å². The molecule has 0 saturated carbocycles. The zero-order valence-corrected chi connectivity index (χ0v) is 54.9. The Labute approximate surface area is 536 Å². The first-order chi connectivity index (χ1) is 42.7. The minimum Gasteiger partial charge on any atom is -0.354 e. The minimum atomic E-state index is -4.63. The van der Waals surface area contributed by atoms with Crippen molar-refractivity contribution >= 4 is 76.6 Å². The lowest BCUT2D eigenvalue weighted by Gasteiger charge is -2.37. The summed E-state index contributed by atoms with van der Waals surface area (Å²) in [5, 5.41) is 8.66. The summed E-state index contributed by atoms with van der Waals surface area (Å²) in [5.41, 5.74) is 0.726. The fraction of sp³-hybridized carbons (Fsp3) is 0.554. The second-order valence-electron chi connectivity index (χ2n) is 24.4. The van der Waals surface area contributed by atoms with Gasteiger partial charge in [0.1, 0.15) is 42.3 Å². The molecular formula is C65H89ClF3N11O11. The number of likely N-dealkylation sites (N-methyl/N-ethyl adjacent to an activating group) is 7. The maximum Gasteiger partial charge on any atom is 0.416 e. The molecule has 2 fully saturated rings. The number of halogens is 4. The number of hydrogen-bond donors (Lipinski definition) is 3. The van der Waals surface area contributed by atoms with Crippen LogP contribution >= 0.6 is 11.6 Å². The van der Waals surface area contributed by atoms with Gasteiger partial charge in [-0.2, -0.15) is 13.2 Å². The van der Waals surface area contributed by atoms with E-state index in [1.54, 1.807) is 61.5 Å². The number of hydrogen-bond acceptors (Lipinski definition) is 11. The zero-order valence-electron chi connectivity index (χ0n) is 54.2. The average Bonchev–Trinajstić information content (AvgIpc) is 3.02. The van der Waals surface area contributed by atoms with Crippen molar-refractivity contribution in [3.8, 4) is 0 Å². The number of aryl methyl sites for hydroxylation is 1. The van der Waals surface area contributed by atoms with Crippen LogP contribution in [0.25, 0.3) is 0 Å². The molecule has 3 aromatic rings. The van der Waals surface area contributed by atoms with Gasteiger partial charge in [-0.05, 0) is 91.8 Å². The molecule has 11 amide bonds. The van der Waals surface area contributed by atoms with E-state index in [2.05, 4.69) is 16.0 Å². The van der Waals surface area contributed by atoms with Crippen molar-refractivity contribution in [2.75, 3.05) is 82.1 Å². The van der Waals surface area contributed by atoms with Gasteiger partial charge in [0.05, 0.1) is 25.2 Å². The first-order valence-corrected chi connectivity index (χ1v) is 31.0. The molecule has 0 bridgehead atoms. The minimum absolute atomic E-state index is 0.0161. The molecule has 5 rings (SSSR count). The molecule has 1 unspecified atom stereocenters. The summed E-state index contributed by atoms with van der Waals surface area (Å²) in [6.07, 6.45) is -4.15. The van der Waals surface area contributed by atoms with Gasteiger partial charge in [-0.25, -0.2) is 0 Å². The Balaban J connectivity index is 1.56. The van der Waals surface area contributed by atoms with Gasteiger partial charge >= 0.3 is 6.18 Å². The fourth-order valence-corrected chi connectivity index (χ4v) is 11.1. The van der Waals surface area contributed by atoms with Crippen molar-refractivity contribution < 1.29 is 65.9 Å². The first-order valence-electron chi connectivity index (χ1n) is 30.7. The molecule has 3 aromatic carbocycles. The molecule has 0 aliphatic carbocycles. The number of fused-ring (bicyclic) bond motifs is 1. The molecule has 26 heteroatoms. The Morgan fingerprint density at radius 1 is 0.582 bits per heavy atom. The lowest BCUT2D eigenvalue weighted by Crippen LogP contribution is -2.59. The molecule has 0 radical (unpaired) electrons. The monoisotopic (exact) mass is 1290 g/mol. The van der Waals surface area contributed by atoms with E-state index in [-0.39, 0.29) is 64.0 Å². The Morgan fingerprint density at radius 3 is 1.74 bits per heavy atom. The van der Waals surface area contributed by atoms with Gasteiger partial charge in [-0.3, -0.25) is 52.7 Å². The van der Waals surface area contributed by atoms with Gasteiger partial charge in [-0.15, -0.1) is 0 Å². The van der Waals surface area contributed by atoms with E-state index in [1.165, 1.54) is 88.0 Å². The van der Waals surface area contributed by atoms with Crippen molar-refractivity contribution in [1.29, 1.82) is 0 Å². The van der Waals surface area contributed by atoms with Crippen molar-refractivity contribution in [2.24, 2.45) is 11.8 Å². The number of carbonyl (C=O) groups excluding carboxylic acids is 11. The van der Waals surface area contributed by atoms with Crippen LogP contribution in [0.5, 0.6) is 0 Å². The summed E-state index contributed by atoms with van der Waals surface area (Å²) in [5.74, 6) is -7.96. The number of amides is 11. The molecule has 8 atom stereocenters. The van der Waals surface area contributed by atoms with Crippen LogP contribution in [-0.4, -0.2) is 229 Å². The third-order valence-electron chi connectivity index (χ3n) is 17.2. The SMILES string of the molecule is CC[C@H](C)[C@@H]1NC(=O)[C@H](C)N(C)C(=O)CCNC(=O)[C@H](CC(C)C)N(C)C(=O)[C@H](Cc2ccccc2)N(C)C(=O)C2CCCN2C(=O)[C@H](CCc2ccc(C(F)(F)F)cc2)NC(=O)CN(C)C(=O)[C@H](Cc2ccc(Cl)cc2)N(C)C(=O)CN(C)C(=O)CN(C)C1=O. The average molecular weight is 1290 g/mol. The highest BCUT2D eigenvalue weighted by atomic mass is 35.5. The van der Waals surface area contributed by atoms with Crippen molar-refractivity contribution in [1.82, 2.24) is 55.1 Å². The van der Waals surface area contributed by atoms with E-state index < -0.39 is 145 Å². The largest absolute Gasteiger partial charge is 0.416 e. The van der Waals surface area contributed by atoms with E-state index in [4.69, 9.17) is 11.6 Å². The van der Waals surface area contributed by atoms with Crippen LogP contribution in [0.3, 0.4) is 0 Å². The topological polar surface area (TPSA) is 250 Å². The lowest BCUT2D eigenvalue weighted by molar-refractivity contribution is -0.152. The number of nitrogens with zero attached hydrogens (tertiary/aromatic N) is 8. The first kappa shape index (κ1) is 73.6. The summed E-state index contributed by atoms with van der Waals surface area (Å²) >= 11 is 6.20. The van der Waals surface area contributed by atoms with Crippen LogP contribution in [0.1, 0.15) is 95.4 Å².